The van der Waals surface area contributed by atoms with E-state index in [-0.39, 0.29) is 29.7 Å². The van der Waals surface area contributed by atoms with E-state index >= 15 is 0 Å². The Bertz CT molecular complexity index is 1370. The van der Waals surface area contributed by atoms with Crippen molar-refractivity contribution in [3.63, 3.8) is 0 Å². The highest BCUT2D eigenvalue weighted by molar-refractivity contribution is 6.00. The van der Waals surface area contributed by atoms with Gasteiger partial charge in [-0.1, -0.05) is 6.42 Å². The Morgan fingerprint density at radius 1 is 1.35 bits per heavy atom. The van der Waals surface area contributed by atoms with Gasteiger partial charge < -0.3 is 20.8 Å². The number of aromatic nitrogens is 3. The molecule has 1 unspecified atom stereocenters. The molecule has 1 amide bonds. The Kier molecular flexibility index (Phi) is 6.38. The first-order chi connectivity index (χ1) is 17.6. The number of nitrogens with one attached hydrogen (secondary N) is 2. The van der Waals surface area contributed by atoms with Crippen molar-refractivity contribution >= 4 is 17.1 Å². The minimum absolute atomic E-state index is 0.229. The Hall–Kier alpha value is -3.55. The summed E-state index contributed by atoms with van der Waals surface area (Å²) in [7, 11) is 0. The lowest BCUT2D eigenvalue weighted by molar-refractivity contribution is -0.00177. The van der Waals surface area contributed by atoms with Crippen molar-refractivity contribution < 1.29 is 19.4 Å². The Morgan fingerprint density at radius 3 is 2.92 bits per heavy atom. The second-order valence-corrected chi connectivity index (χ2v) is 10.9. The number of rotatable bonds is 7. The van der Waals surface area contributed by atoms with E-state index in [0.717, 1.165) is 31.2 Å². The first-order valence-corrected chi connectivity index (χ1v) is 12.6. The second-order valence-electron chi connectivity index (χ2n) is 10.9. The van der Waals surface area contributed by atoms with Crippen LogP contribution in [-0.2, 0) is 0 Å². The van der Waals surface area contributed by atoms with Crippen LogP contribution in [0.1, 0.15) is 61.9 Å². The number of hydrogen-bond donors (Lipinski definition) is 4. The first kappa shape index (κ1) is 25.1. The topological polar surface area (TPSA) is 136 Å². The molecular formula is C27H31FN6O3. The fourth-order valence-electron chi connectivity index (χ4n) is 5.60. The highest BCUT2D eigenvalue weighted by Gasteiger charge is 2.47. The maximum absolute atomic E-state index is 14.3. The number of carbonyl (C=O) groups excluding carboxylic acids is 1. The van der Waals surface area contributed by atoms with E-state index in [1.165, 1.54) is 26.2 Å². The summed E-state index contributed by atoms with van der Waals surface area (Å²) in [5.41, 5.74) is 1.31. The van der Waals surface area contributed by atoms with Gasteiger partial charge in [0.15, 0.2) is 0 Å². The standard InChI is InChI=1S/C27H31FN6O3/c1-26(2,37)24(28)15-31-25(36)19-14-30-21(22-6-5-18-8-16(12-29)13-32-34(18)22)9-20(19)33-27-7-3-4-17(10-27)23(35)11-27/h5-6,8-9,13-14,17,23-24,35,37H,3-4,7,10-11,15H2,1-2H3,(H,30,33)(H,31,36)/t17-,23-,24+,27?/m0/s1. The molecule has 3 aromatic heterocycles. The van der Waals surface area contributed by atoms with Crippen LogP contribution in [-0.4, -0.2) is 60.7 Å². The maximum atomic E-state index is 14.3. The van der Waals surface area contributed by atoms with E-state index in [4.69, 9.17) is 0 Å². The zero-order chi connectivity index (χ0) is 26.4. The van der Waals surface area contributed by atoms with Gasteiger partial charge in [-0.25, -0.2) is 8.91 Å². The van der Waals surface area contributed by atoms with Gasteiger partial charge in [-0.05, 0) is 69.7 Å². The van der Waals surface area contributed by atoms with Gasteiger partial charge in [0, 0.05) is 11.7 Å². The molecule has 37 heavy (non-hydrogen) atoms. The van der Waals surface area contributed by atoms with E-state index in [1.807, 2.05) is 12.1 Å². The van der Waals surface area contributed by atoms with Crippen LogP contribution in [0.5, 0.6) is 0 Å². The number of alkyl halides is 1. The number of anilines is 1. The molecule has 4 N–H and O–H groups in total. The van der Waals surface area contributed by atoms with Gasteiger partial charge in [-0.2, -0.15) is 10.4 Å². The maximum Gasteiger partial charge on any atom is 0.255 e. The summed E-state index contributed by atoms with van der Waals surface area (Å²) < 4.78 is 16.0. The van der Waals surface area contributed by atoms with Crippen LogP contribution in [0.15, 0.2) is 36.7 Å². The van der Waals surface area contributed by atoms with E-state index in [2.05, 4.69) is 26.8 Å². The van der Waals surface area contributed by atoms with Gasteiger partial charge in [-0.15, -0.1) is 0 Å². The van der Waals surface area contributed by atoms with Gasteiger partial charge in [0.1, 0.15) is 12.2 Å². The molecule has 0 aliphatic heterocycles. The molecule has 9 nitrogen and oxygen atoms in total. The number of pyridine rings is 1. The third-order valence-corrected chi connectivity index (χ3v) is 7.68. The SMILES string of the molecule is CC(C)(O)[C@H](F)CNC(=O)c1cnc(-c2ccc3cc(C#N)cnn23)cc1NC12CCC[C@@H](C1)[C@@H](O)C2. The molecule has 2 fully saturated rings. The minimum Gasteiger partial charge on any atom is -0.393 e. The molecule has 4 atom stereocenters. The average Bonchev–Trinajstić information content (AvgIpc) is 3.38. The van der Waals surface area contributed by atoms with E-state index in [0.29, 0.717) is 29.1 Å². The van der Waals surface area contributed by atoms with Gasteiger partial charge in [0.2, 0.25) is 0 Å². The van der Waals surface area contributed by atoms with Crippen LogP contribution in [0.2, 0.25) is 0 Å². The Balaban J connectivity index is 1.50. The fourth-order valence-corrected chi connectivity index (χ4v) is 5.60. The van der Waals surface area contributed by atoms with Crippen LogP contribution in [0, 0.1) is 17.2 Å². The van der Waals surface area contributed by atoms with Crippen LogP contribution < -0.4 is 10.6 Å². The van der Waals surface area contributed by atoms with Crippen LogP contribution >= 0.6 is 0 Å². The van der Waals surface area contributed by atoms with Crippen LogP contribution in [0.4, 0.5) is 10.1 Å². The van der Waals surface area contributed by atoms with Crippen molar-refractivity contribution in [2.45, 2.75) is 69.4 Å². The van der Waals surface area contributed by atoms with Crippen molar-refractivity contribution in [1.29, 1.82) is 5.26 Å². The molecule has 0 saturated heterocycles. The third-order valence-electron chi connectivity index (χ3n) is 7.68. The molecule has 2 aliphatic carbocycles. The number of fused-ring (bicyclic) bond motifs is 3. The van der Waals surface area contributed by atoms with E-state index < -0.39 is 17.7 Å². The van der Waals surface area contributed by atoms with Crippen LogP contribution in [0.3, 0.4) is 0 Å². The smallest absolute Gasteiger partial charge is 0.255 e. The number of aliphatic hydroxyl groups excluding tert-OH is 1. The van der Waals surface area contributed by atoms with Gasteiger partial charge >= 0.3 is 0 Å². The minimum atomic E-state index is -1.64. The number of aliphatic hydroxyl groups is 2. The molecule has 3 heterocycles. The summed E-state index contributed by atoms with van der Waals surface area (Å²) in [5, 5.41) is 40.2. The zero-order valence-corrected chi connectivity index (χ0v) is 20.9. The number of nitrogens with zero attached hydrogens (tertiary/aromatic N) is 4. The van der Waals surface area contributed by atoms with Crippen molar-refractivity contribution in [3.05, 3.63) is 47.8 Å². The summed E-state index contributed by atoms with van der Waals surface area (Å²) in [6.45, 7) is 2.36. The molecule has 0 radical (unpaired) electrons. The summed E-state index contributed by atoms with van der Waals surface area (Å²) in [4.78, 5) is 17.7. The lowest BCUT2D eigenvalue weighted by atomic mass is 9.82. The summed E-state index contributed by atoms with van der Waals surface area (Å²) >= 11 is 0. The molecule has 0 spiro atoms. The van der Waals surface area contributed by atoms with Crippen molar-refractivity contribution in [2.24, 2.45) is 5.92 Å². The summed E-state index contributed by atoms with van der Waals surface area (Å²) in [5.74, 6) is -0.278. The largest absolute Gasteiger partial charge is 0.393 e. The lowest BCUT2D eigenvalue weighted by Crippen LogP contribution is -2.42. The Labute approximate surface area is 214 Å². The van der Waals surface area contributed by atoms with Gasteiger partial charge in [0.05, 0.1) is 58.2 Å². The van der Waals surface area contributed by atoms with Crippen LogP contribution in [0.25, 0.3) is 16.9 Å². The molecule has 3 aromatic rings. The highest BCUT2D eigenvalue weighted by atomic mass is 19.1. The highest BCUT2D eigenvalue weighted by Crippen LogP contribution is 2.47. The molecule has 2 aliphatic rings. The monoisotopic (exact) mass is 506 g/mol. The van der Waals surface area contributed by atoms with E-state index in [9.17, 15) is 24.7 Å². The van der Waals surface area contributed by atoms with Crippen molar-refractivity contribution in [3.8, 4) is 17.5 Å². The zero-order valence-electron chi connectivity index (χ0n) is 20.9. The predicted octanol–water partition coefficient (Wildman–Crippen LogP) is 3.21. The second kappa shape index (κ2) is 9.39. The fraction of sp³-hybridized carbons (Fsp3) is 0.481. The van der Waals surface area contributed by atoms with Gasteiger partial charge in [-0.3, -0.25) is 9.78 Å². The third kappa shape index (κ3) is 4.89. The quantitative estimate of drug-likeness (QED) is 0.386. The number of carbonyl (C=O) groups is 1. The molecular weight excluding hydrogens is 475 g/mol. The molecule has 0 aromatic carbocycles. The molecule has 2 bridgehead atoms. The summed E-state index contributed by atoms with van der Waals surface area (Å²) in [6.07, 6.45) is 5.15. The summed E-state index contributed by atoms with van der Waals surface area (Å²) in [6, 6.07) is 9.28. The van der Waals surface area contributed by atoms with Crippen molar-refractivity contribution in [1.82, 2.24) is 19.9 Å². The Morgan fingerprint density at radius 2 is 2.16 bits per heavy atom. The first-order valence-electron chi connectivity index (χ1n) is 12.6. The molecule has 2 saturated carbocycles. The van der Waals surface area contributed by atoms with Crippen molar-refractivity contribution in [2.75, 3.05) is 11.9 Å². The molecule has 5 rings (SSSR count). The van der Waals surface area contributed by atoms with E-state index in [1.54, 1.807) is 16.6 Å². The molecule has 10 heteroatoms. The number of hydrogen-bond acceptors (Lipinski definition) is 7. The normalized spacial score (nSPS) is 24.0. The number of amides is 1. The van der Waals surface area contributed by atoms with Gasteiger partial charge in [0.25, 0.3) is 5.91 Å². The number of nitriles is 1. The predicted molar refractivity (Wildman–Crippen MR) is 136 cm³/mol. The number of halogens is 1. The lowest BCUT2D eigenvalue weighted by Gasteiger charge is -2.35. The average molecular weight is 507 g/mol. The molecule has 194 valence electrons.